The van der Waals surface area contributed by atoms with Crippen molar-refractivity contribution in [2.75, 3.05) is 5.88 Å². The first kappa shape index (κ1) is 10.7. The number of benzene rings is 1. The summed E-state index contributed by atoms with van der Waals surface area (Å²) in [5.74, 6) is 0.319. The number of alkyl halides is 1. The fraction of sp³-hybridized carbons (Fsp3) is 0.250. The molecule has 0 bridgehead atoms. The molecule has 0 amide bonds. The van der Waals surface area contributed by atoms with E-state index >= 15 is 0 Å². The van der Waals surface area contributed by atoms with E-state index in [0.717, 1.165) is 5.56 Å². The topological polar surface area (TPSA) is 66.2 Å². The zero-order chi connectivity index (χ0) is 9.84. The van der Waals surface area contributed by atoms with Crippen molar-refractivity contribution in [2.45, 2.75) is 10.9 Å². The maximum atomic E-state index is 10.5. The molecule has 1 aromatic carbocycles. The zero-order valence-corrected chi connectivity index (χ0v) is 8.35. The van der Waals surface area contributed by atoms with Crippen molar-refractivity contribution in [2.24, 2.45) is 5.73 Å². The molecule has 0 fully saturated rings. The Morgan fingerprint density at radius 3 is 2.38 bits per heavy atom. The van der Waals surface area contributed by atoms with Crippen LogP contribution in [0.25, 0.3) is 0 Å². The largest absolute Gasteiger partial charge is 0.768 e. The van der Waals surface area contributed by atoms with Crippen molar-refractivity contribution in [3.63, 3.8) is 0 Å². The van der Waals surface area contributed by atoms with E-state index in [9.17, 15) is 8.76 Å². The van der Waals surface area contributed by atoms with Gasteiger partial charge in [-0.1, -0.05) is 12.1 Å². The minimum absolute atomic E-state index is 0.240. The SMILES string of the molecule is NC(CCl)c1ccc(S(=O)[O-])cc1. The molecule has 3 nitrogen and oxygen atoms in total. The Bertz CT molecular complexity index is 302. The summed E-state index contributed by atoms with van der Waals surface area (Å²) < 4.78 is 21.0. The van der Waals surface area contributed by atoms with E-state index in [4.69, 9.17) is 17.3 Å². The van der Waals surface area contributed by atoms with Crippen LogP contribution < -0.4 is 5.73 Å². The van der Waals surface area contributed by atoms with Crippen molar-refractivity contribution in [3.05, 3.63) is 29.8 Å². The Hall–Kier alpha value is -0.420. The van der Waals surface area contributed by atoms with Gasteiger partial charge in [0.2, 0.25) is 0 Å². The maximum Gasteiger partial charge on any atom is 0.0432 e. The molecule has 1 aromatic rings. The van der Waals surface area contributed by atoms with Gasteiger partial charge in [0.05, 0.1) is 0 Å². The van der Waals surface area contributed by atoms with Crippen molar-refractivity contribution in [1.82, 2.24) is 0 Å². The van der Waals surface area contributed by atoms with Gasteiger partial charge in [-0.25, -0.2) is 0 Å². The standard InChI is InChI=1S/C8H10ClNO2S/c9-5-8(10)6-1-3-7(4-2-6)13(11)12/h1-4,8H,5,10H2,(H,11,12)/p-1. The molecule has 0 spiro atoms. The fourth-order valence-corrected chi connectivity index (χ4v) is 1.45. The van der Waals surface area contributed by atoms with Crippen molar-refractivity contribution in [1.29, 1.82) is 0 Å². The monoisotopic (exact) mass is 218 g/mol. The lowest BCUT2D eigenvalue weighted by Crippen LogP contribution is -2.11. The second-order valence-electron chi connectivity index (χ2n) is 2.56. The third kappa shape index (κ3) is 2.77. The molecule has 2 N–H and O–H groups in total. The van der Waals surface area contributed by atoms with E-state index in [1.165, 1.54) is 12.1 Å². The highest BCUT2D eigenvalue weighted by atomic mass is 35.5. The summed E-state index contributed by atoms with van der Waals surface area (Å²) in [7, 11) is 0. The molecule has 5 heteroatoms. The smallest absolute Gasteiger partial charge is 0.0432 e. The highest BCUT2D eigenvalue weighted by Gasteiger charge is 2.03. The molecule has 0 heterocycles. The van der Waals surface area contributed by atoms with Crippen LogP contribution in [0.2, 0.25) is 0 Å². The number of rotatable bonds is 3. The molecule has 2 atom stereocenters. The predicted octanol–water partition coefficient (Wildman–Crippen LogP) is 1.16. The number of halogens is 1. The van der Waals surface area contributed by atoms with E-state index in [0.29, 0.717) is 5.88 Å². The molecule has 0 aromatic heterocycles. The van der Waals surface area contributed by atoms with E-state index in [1.807, 2.05) is 0 Å². The van der Waals surface area contributed by atoms with Gasteiger partial charge in [0, 0.05) is 16.8 Å². The van der Waals surface area contributed by atoms with E-state index in [-0.39, 0.29) is 10.9 Å². The maximum absolute atomic E-state index is 10.5. The quantitative estimate of drug-likeness (QED) is 0.612. The van der Waals surface area contributed by atoms with Gasteiger partial charge in [0.1, 0.15) is 0 Å². The Labute approximate surface area is 84.2 Å². The number of nitrogens with two attached hydrogens (primary N) is 1. The minimum Gasteiger partial charge on any atom is -0.768 e. The first-order valence-electron chi connectivity index (χ1n) is 3.66. The normalized spacial score (nSPS) is 15.3. The van der Waals surface area contributed by atoms with Gasteiger partial charge in [0.25, 0.3) is 0 Å². The molecular formula is C8H9ClNO2S-. The molecule has 0 aliphatic carbocycles. The summed E-state index contributed by atoms with van der Waals surface area (Å²) in [5.41, 5.74) is 6.47. The molecule has 2 unspecified atom stereocenters. The van der Waals surface area contributed by atoms with Crippen LogP contribution in [0.5, 0.6) is 0 Å². The molecule has 0 radical (unpaired) electrons. The number of hydrogen-bond donors (Lipinski definition) is 1. The van der Waals surface area contributed by atoms with Gasteiger partial charge >= 0.3 is 0 Å². The average Bonchev–Trinajstić information content (AvgIpc) is 2.17. The lowest BCUT2D eigenvalue weighted by molar-refractivity contribution is 0.537. The van der Waals surface area contributed by atoms with Gasteiger partial charge in [-0.05, 0) is 28.8 Å². The molecule has 1 rings (SSSR count). The fourth-order valence-electron chi connectivity index (χ4n) is 0.915. The summed E-state index contributed by atoms with van der Waals surface area (Å²) >= 11 is 3.37. The molecule has 13 heavy (non-hydrogen) atoms. The third-order valence-corrected chi connectivity index (χ3v) is 2.66. The summed E-state index contributed by atoms with van der Waals surface area (Å²) in [5, 5.41) is 0. The van der Waals surface area contributed by atoms with Gasteiger partial charge in [-0.15, -0.1) is 11.6 Å². The lowest BCUT2D eigenvalue weighted by atomic mass is 10.1. The van der Waals surface area contributed by atoms with Crippen LogP contribution in [0, 0.1) is 0 Å². The Morgan fingerprint density at radius 1 is 1.46 bits per heavy atom. The van der Waals surface area contributed by atoms with Crippen molar-refractivity contribution < 1.29 is 8.76 Å². The molecule has 72 valence electrons. The average molecular weight is 219 g/mol. The van der Waals surface area contributed by atoms with Crippen LogP contribution in [0.15, 0.2) is 29.2 Å². The molecule has 0 aliphatic rings. The summed E-state index contributed by atoms with van der Waals surface area (Å²) in [6.45, 7) is 0. The first-order chi connectivity index (χ1) is 6.15. The van der Waals surface area contributed by atoms with Crippen LogP contribution in [0.3, 0.4) is 0 Å². The molecule has 0 aliphatic heterocycles. The Kier molecular flexibility index (Phi) is 3.87. The molecule has 0 saturated carbocycles. The molecular weight excluding hydrogens is 210 g/mol. The predicted molar refractivity (Wildman–Crippen MR) is 51.3 cm³/mol. The van der Waals surface area contributed by atoms with Gasteiger partial charge < -0.3 is 10.3 Å². The van der Waals surface area contributed by atoms with E-state index < -0.39 is 11.1 Å². The van der Waals surface area contributed by atoms with Crippen molar-refractivity contribution in [3.8, 4) is 0 Å². The minimum atomic E-state index is -2.18. The summed E-state index contributed by atoms with van der Waals surface area (Å²) in [6, 6.07) is 6.10. The Balaban J connectivity index is 2.87. The zero-order valence-electron chi connectivity index (χ0n) is 6.77. The van der Waals surface area contributed by atoms with Gasteiger partial charge in [-0.3, -0.25) is 4.21 Å². The van der Waals surface area contributed by atoms with Crippen LogP contribution >= 0.6 is 11.6 Å². The third-order valence-electron chi connectivity index (χ3n) is 1.67. The van der Waals surface area contributed by atoms with E-state index in [1.54, 1.807) is 12.1 Å². The van der Waals surface area contributed by atoms with E-state index in [2.05, 4.69) is 0 Å². The molecule has 0 saturated heterocycles. The summed E-state index contributed by atoms with van der Waals surface area (Å²) in [4.78, 5) is 0.255. The van der Waals surface area contributed by atoms with Gasteiger partial charge in [0.15, 0.2) is 0 Å². The summed E-state index contributed by atoms with van der Waals surface area (Å²) in [6.07, 6.45) is 0. The van der Waals surface area contributed by atoms with Crippen LogP contribution in [-0.2, 0) is 11.1 Å². The Morgan fingerprint density at radius 2 is 2.00 bits per heavy atom. The van der Waals surface area contributed by atoms with Crippen LogP contribution in [0.4, 0.5) is 0 Å². The lowest BCUT2D eigenvalue weighted by Gasteiger charge is -2.09. The highest BCUT2D eigenvalue weighted by molar-refractivity contribution is 7.79. The van der Waals surface area contributed by atoms with Crippen molar-refractivity contribution >= 4 is 22.7 Å². The number of hydrogen-bond acceptors (Lipinski definition) is 3. The van der Waals surface area contributed by atoms with Gasteiger partial charge in [-0.2, -0.15) is 0 Å². The second kappa shape index (κ2) is 4.72. The van der Waals surface area contributed by atoms with Crippen LogP contribution in [0.1, 0.15) is 11.6 Å². The van der Waals surface area contributed by atoms with Crippen LogP contribution in [-0.4, -0.2) is 14.6 Å². The highest BCUT2D eigenvalue weighted by Crippen LogP contribution is 2.14. The second-order valence-corrected chi connectivity index (χ2v) is 3.81. The first-order valence-corrected chi connectivity index (χ1v) is 5.27.